The third kappa shape index (κ3) is 68.3. The average Bonchev–Trinajstić information content (AvgIpc) is 1.70. The van der Waals surface area contributed by atoms with Crippen LogP contribution in [0.4, 0.5) is 0 Å². The van der Waals surface area contributed by atoms with Gasteiger partial charge in [0.15, 0.2) is 12.2 Å². The molecule has 5 unspecified atom stereocenters. The van der Waals surface area contributed by atoms with Crippen molar-refractivity contribution in [3.8, 4) is 0 Å². The van der Waals surface area contributed by atoms with E-state index in [0.717, 1.165) is 114 Å². The summed E-state index contributed by atoms with van der Waals surface area (Å²) in [5, 5.41) is 10.6. The fourth-order valence-electron chi connectivity index (χ4n) is 11.8. The minimum Gasteiger partial charge on any atom is -0.462 e. The molecule has 576 valence electrons. The van der Waals surface area contributed by atoms with Gasteiger partial charge in [0.2, 0.25) is 0 Å². The van der Waals surface area contributed by atoms with Crippen LogP contribution in [0.15, 0.2) is 0 Å². The van der Waals surface area contributed by atoms with Crippen molar-refractivity contribution in [1.82, 2.24) is 0 Å². The summed E-state index contributed by atoms with van der Waals surface area (Å²) in [6.45, 7) is 14.3. The molecule has 17 nitrogen and oxygen atoms in total. The van der Waals surface area contributed by atoms with Crippen molar-refractivity contribution in [3.63, 3.8) is 0 Å². The number of aliphatic hydroxyl groups is 1. The van der Waals surface area contributed by atoms with E-state index < -0.39 is 97.5 Å². The van der Waals surface area contributed by atoms with Crippen LogP contribution < -0.4 is 0 Å². The lowest BCUT2D eigenvalue weighted by Gasteiger charge is -2.21. The molecule has 0 aromatic heterocycles. The van der Waals surface area contributed by atoms with Crippen molar-refractivity contribution in [3.05, 3.63) is 0 Å². The molecule has 0 bridgehead atoms. The summed E-state index contributed by atoms with van der Waals surface area (Å²) in [5.74, 6) is 1.07. The maximum Gasteiger partial charge on any atom is 0.472 e. The zero-order valence-electron chi connectivity index (χ0n) is 63.7. The normalized spacial score (nSPS) is 14.9. The number of carbonyl (C=O) groups excluding carboxylic acids is 4. The molecular formula is C78H152O17P2. The number of carbonyl (C=O) groups is 4. The zero-order valence-corrected chi connectivity index (χ0v) is 65.5. The Morgan fingerprint density at radius 1 is 0.289 bits per heavy atom. The molecule has 0 aromatic carbocycles. The zero-order chi connectivity index (χ0) is 71.7. The number of hydrogen-bond acceptors (Lipinski definition) is 15. The van der Waals surface area contributed by atoms with Gasteiger partial charge in [-0.3, -0.25) is 37.3 Å². The number of aliphatic hydroxyl groups excluding tert-OH is 1. The average molecular weight is 1420 g/mol. The van der Waals surface area contributed by atoms with Gasteiger partial charge in [-0.1, -0.05) is 344 Å². The van der Waals surface area contributed by atoms with E-state index in [1.165, 1.54) is 199 Å². The van der Waals surface area contributed by atoms with E-state index in [-0.39, 0.29) is 25.7 Å². The van der Waals surface area contributed by atoms with Gasteiger partial charge in [0.05, 0.1) is 26.4 Å². The van der Waals surface area contributed by atoms with Gasteiger partial charge >= 0.3 is 39.5 Å². The highest BCUT2D eigenvalue weighted by Crippen LogP contribution is 2.45. The van der Waals surface area contributed by atoms with Crippen molar-refractivity contribution < 1.29 is 80.2 Å². The number of ether oxygens (including phenoxy) is 4. The molecule has 8 atom stereocenters. The first-order chi connectivity index (χ1) is 46.7. The Hall–Kier alpha value is -1.94. The Morgan fingerprint density at radius 2 is 0.495 bits per heavy atom. The molecule has 0 aliphatic heterocycles. The summed E-state index contributed by atoms with van der Waals surface area (Å²) in [6, 6.07) is 0. The molecule has 0 saturated heterocycles. The summed E-state index contributed by atoms with van der Waals surface area (Å²) >= 11 is 0. The topological polar surface area (TPSA) is 237 Å². The van der Waals surface area contributed by atoms with Crippen molar-refractivity contribution in [2.45, 2.75) is 414 Å². The van der Waals surface area contributed by atoms with Crippen LogP contribution >= 0.6 is 15.6 Å². The van der Waals surface area contributed by atoms with Gasteiger partial charge < -0.3 is 33.8 Å². The maximum atomic E-state index is 13.1. The fourth-order valence-corrected chi connectivity index (χ4v) is 13.4. The largest absolute Gasteiger partial charge is 0.472 e. The molecule has 19 heteroatoms. The number of phosphoric ester groups is 2. The van der Waals surface area contributed by atoms with Crippen LogP contribution in [0.5, 0.6) is 0 Å². The van der Waals surface area contributed by atoms with E-state index >= 15 is 0 Å². The van der Waals surface area contributed by atoms with Crippen LogP contribution in [0.3, 0.4) is 0 Å². The Bertz CT molecular complexity index is 1910. The van der Waals surface area contributed by atoms with E-state index in [1.54, 1.807) is 0 Å². The van der Waals surface area contributed by atoms with Crippen LogP contribution in [0, 0.1) is 23.7 Å². The highest BCUT2D eigenvalue weighted by atomic mass is 31.2. The SMILES string of the molecule is CCC(C)CCCCCCCCCCCCC(=O)OC[C@H](COP(=O)(O)OC[C@@H](O)COP(=O)(O)OC[C@@H](COC(=O)CCCCCCCCCCC(C)CC)OC(=O)CCCCCCCCCCCCC(C)CC)OC(=O)CCCCCCCCCCCCCCCCC(C)C. The molecule has 97 heavy (non-hydrogen) atoms. The molecule has 0 saturated carbocycles. The number of rotatable bonds is 75. The first-order valence-electron chi connectivity index (χ1n) is 40.3. The molecule has 0 radical (unpaired) electrons. The van der Waals surface area contributed by atoms with Crippen LogP contribution in [0.1, 0.15) is 396 Å². The molecule has 0 rings (SSSR count). The lowest BCUT2D eigenvalue weighted by Crippen LogP contribution is -2.30. The van der Waals surface area contributed by atoms with Gasteiger partial charge in [0.1, 0.15) is 19.3 Å². The second-order valence-electron chi connectivity index (χ2n) is 29.3. The molecule has 3 N–H and O–H groups in total. The number of hydrogen-bond donors (Lipinski definition) is 3. The highest BCUT2D eigenvalue weighted by Gasteiger charge is 2.30. The molecule has 0 fully saturated rings. The molecule has 0 aliphatic rings. The quantitative estimate of drug-likeness (QED) is 0.0222. The fraction of sp³-hybridized carbons (Fsp3) is 0.949. The number of esters is 4. The molecular weight excluding hydrogens is 1270 g/mol. The molecule has 0 spiro atoms. The second-order valence-corrected chi connectivity index (χ2v) is 32.2. The lowest BCUT2D eigenvalue weighted by molar-refractivity contribution is -0.161. The monoisotopic (exact) mass is 1420 g/mol. The molecule has 0 amide bonds. The van der Waals surface area contributed by atoms with Crippen LogP contribution in [0.2, 0.25) is 0 Å². The van der Waals surface area contributed by atoms with E-state index in [4.69, 9.17) is 37.0 Å². The lowest BCUT2D eigenvalue weighted by atomic mass is 9.99. The van der Waals surface area contributed by atoms with Gasteiger partial charge in [-0.05, 0) is 49.4 Å². The van der Waals surface area contributed by atoms with E-state index in [2.05, 4.69) is 55.4 Å². The van der Waals surface area contributed by atoms with Gasteiger partial charge in [-0.25, -0.2) is 9.13 Å². The van der Waals surface area contributed by atoms with Crippen molar-refractivity contribution in [1.29, 1.82) is 0 Å². The summed E-state index contributed by atoms with van der Waals surface area (Å²) in [5.41, 5.74) is 0. The van der Waals surface area contributed by atoms with Crippen molar-refractivity contribution in [2.24, 2.45) is 23.7 Å². The standard InChI is InChI=1S/C78H152O17P2/c1-9-69(6)55-47-39-31-23-18-20-25-34-42-50-58-75(80)88-64-73(94-77(82)60-52-44-36-26-17-15-13-12-14-16-22-30-38-46-54-68(4)5)66-92-96(84,85)90-62-72(79)63-91-97(86,87)93-67-74(65-89-76(81)59-51-43-35-29-28-33-41-49-57-71(8)11-3)95-78(83)61-53-45-37-27-21-19-24-32-40-48-56-70(7)10-2/h68-74,79H,9-67H2,1-8H3,(H,84,85)(H,86,87)/t69?,70?,71?,72-,73-,74-/m1/s1. The molecule has 0 aromatic rings. The predicted octanol–water partition coefficient (Wildman–Crippen LogP) is 22.8. The summed E-state index contributed by atoms with van der Waals surface area (Å²) in [7, 11) is -9.92. The van der Waals surface area contributed by atoms with Crippen LogP contribution in [-0.2, 0) is 65.4 Å². The van der Waals surface area contributed by atoms with Crippen molar-refractivity contribution >= 4 is 39.5 Å². The molecule has 0 heterocycles. The predicted molar refractivity (Wildman–Crippen MR) is 395 cm³/mol. The van der Waals surface area contributed by atoms with Gasteiger partial charge in [0, 0.05) is 25.7 Å². The third-order valence-corrected chi connectivity index (χ3v) is 21.1. The van der Waals surface area contributed by atoms with E-state index in [1.807, 2.05) is 0 Å². The minimum absolute atomic E-state index is 0.105. The van der Waals surface area contributed by atoms with Crippen molar-refractivity contribution in [2.75, 3.05) is 39.6 Å². The van der Waals surface area contributed by atoms with Crippen LogP contribution in [0.25, 0.3) is 0 Å². The highest BCUT2D eigenvalue weighted by molar-refractivity contribution is 7.47. The Balaban J connectivity index is 5.29. The third-order valence-electron chi connectivity index (χ3n) is 19.2. The maximum absolute atomic E-state index is 13.1. The van der Waals surface area contributed by atoms with E-state index in [0.29, 0.717) is 25.7 Å². The van der Waals surface area contributed by atoms with E-state index in [9.17, 15) is 43.2 Å². The minimum atomic E-state index is -4.96. The Kier molecular flexibility index (Phi) is 65.9. The number of unbranched alkanes of at least 4 members (excludes halogenated alkanes) is 38. The smallest absolute Gasteiger partial charge is 0.462 e. The van der Waals surface area contributed by atoms with Crippen LogP contribution in [-0.4, -0.2) is 96.7 Å². The number of phosphoric acid groups is 2. The second kappa shape index (κ2) is 67.2. The van der Waals surface area contributed by atoms with Gasteiger partial charge in [-0.15, -0.1) is 0 Å². The molecule has 0 aliphatic carbocycles. The summed E-state index contributed by atoms with van der Waals surface area (Å²) < 4.78 is 68.7. The first kappa shape index (κ1) is 95.1. The Labute approximate surface area is 594 Å². The summed E-state index contributed by atoms with van der Waals surface area (Å²) in [6.07, 6.45) is 52.4. The van der Waals surface area contributed by atoms with Gasteiger partial charge in [0.25, 0.3) is 0 Å². The first-order valence-corrected chi connectivity index (χ1v) is 43.3. The Morgan fingerprint density at radius 3 is 0.732 bits per heavy atom. The summed E-state index contributed by atoms with van der Waals surface area (Å²) in [4.78, 5) is 73.0. The van der Waals surface area contributed by atoms with Gasteiger partial charge in [-0.2, -0.15) is 0 Å².